The van der Waals surface area contributed by atoms with E-state index in [4.69, 9.17) is 11.6 Å². The van der Waals surface area contributed by atoms with E-state index in [1.54, 1.807) is 48.7 Å². The minimum Gasteiger partial charge on any atom is -0.478 e. The maximum atomic E-state index is 12.0. The van der Waals surface area contributed by atoms with Gasteiger partial charge in [-0.3, -0.25) is 0 Å². The largest absolute Gasteiger partial charge is 0.478 e. The zero-order valence-corrected chi connectivity index (χ0v) is 17.8. The van der Waals surface area contributed by atoms with Crippen molar-refractivity contribution in [3.63, 3.8) is 0 Å². The molecule has 3 rings (SSSR count). The number of hydrogen-bond donors (Lipinski definition) is 4. The van der Waals surface area contributed by atoms with Gasteiger partial charge < -0.3 is 20.1 Å². The first-order chi connectivity index (χ1) is 15.2. The Balaban J connectivity index is 1.82. The third-order valence-corrected chi connectivity index (χ3v) is 4.86. The third-order valence-electron chi connectivity index (χ3n) is 4.61. The van der Waals surface area contributed by atoms with Crippen LogP contribution in [0.5, 0.6) is 0 Å². The first-order valence-corrected chi connectivity index (χ1v) is 9.70. The van der Waals surface area contributed by atoms with Crippen molar-refractivity contribution >= 4 is 41.5 Å². The molecule has 0 aliphatic carbocycles. The van der Waals surface area contributed by atoms with Crippen LogP contribution in [0, 0.1) is 13.8 Å². The van der Waals surface area contributed by atoms with Crippen molar-refractivity contribution in [1.82, 2.24) is 9.99 Å². The second-order valence-electron chi connectivity index (χ2n) is 6.87. The second-order valence-corrected chi connectivity index (χ2v) is 7.31. The van der Waals surface area contributed by atoms with E-state index in [-0.39, 0.29) is 11.1 Å². The Bertz CT molecular complexity index is 1200. The molecule has 1 aromatic heterocycles. The number of carbonyl (C=O) groups is 3. The lowest BCUT2D eigenvalue weighted by molar-refractivity contribution is 0.0696. The van der Waals surface area contributed by atoms with Gasteiger partial charge in [0.1, 0.15) is 0 Å². The van der Waals surface area contributed by atoms with Gasteiger partial charge in [-0.15, -0.1) is 0 Å². The van der Waals surface area contributed by atoms with Crippen molar-refractivity contribution in [3.8, 4) is 5.69 Å². The fourth-order valence-electron chi connectivity index (χ4n) is 3.16. The van der Waals surface area contributed by atoms with Crippen LogP contribution in [0.25, 0.3) is 5.69 Å². The molecule has 0 aliphatic rings. The van der Waals surface area contributed by atoms with Crippen LogP contribution in [0.1, 0.15) is 37.7 Å². The Morgan fingerprint density at radius 1 is 0.969 bits per heavy atom. The summed E-state index contributed by atoms with van der Waals surface area (Å²) in [5.74, 6) is -2.45. The Hall–Kier alpha value is -4.11. The van der Waals surface area contributed by atoms with Gasteiger partial charge >= 0.3 is 18.0 Å². The van der Waals surface area contributed by atoms with E-state index in [0.717, 1.165) is 11.8 Å². The maximum absolute atomic E-state index is 12.0. The van der Waals surface area contributed by atoms with Gasteiger partial charge in [-0.2, -0.15) is 5.10 Å². The summed E-state index contributed by atoms with van der Waals surface area (Å²) in [5.41, 5.74) is 5.11. The van der Waals surface area contributed by atoms with E-state index >= 15 is 0 Å². The van der Waals surface area contributed by atoms with Crippen LogP contribution < -0.4 is 10.7 Å². The second kappa shape index (κ2) is 9.36. The van der Waals surface area contributed by atoms with Gasteiger partial charge in [-0.05, 0) is 62.4 Å². The van der Waals surface area contributed by atoms with E-state index in [1.807, 2.05) is 0 Å². The Kier molecular flexibility index (Phi) is 6.60. The quantitative estimate of drug-likeness (QED) is 0.325. The number of urea groups is 1. The fourth-order valence-corrected chi connectivity index (χ4v) is 3.28. The van der Waals surface area contributed by atoms with E-state index < -0.39 is 18.0 Å². The molecule has 0 atom stereocenters. The van der Waals surface area contributed by atoms with Crippen LogP contribution in [0.15, 0.2) is 53.6 Å². The van der Waals surface area contributed by atoms with Crippen molar-refractivity contribution in [2.75, 3.05) is 5.32 Å². The van der Waals surface area contributed by atoms with Crippen molar-refractivity contribution in [3.05, 3.63) is 81.6 Å². The number of anilines is 1. The van der Waals surface area contributed by atoms with Crippen molar-refractivity contribution in [1.29, 1.82) is 0 Å². The Morgan fingerprint density at radius 2 is 1.56 bits per heavy atom. The SMILES string of the molecule is Cc1cc(/C=N/NC(=O)Nc2ccc(Cl)cc2)c(C)n1-c1cc(C(=O)O)cc(C(=O)O)c1. The standard InChI is InChI=1S/C22H19ClN4O5/c1-12-7-16(11-24-26-22(32)25-18-5-3-17(23)4-6-18)13(2)27(12)19-9-14(20(28)29)8-15(10-19)21(30)31/h3-11H,1-2H3,(H,28,29)(H,30,31)(H2,25,26,32)/b24-11+. The predicted octanol–water partition coefficient (Wildman–Crippen LogP) is 4.30. The minimum atomic E-state index is -1.23. The molecule has 0 fully saturated rings. The van der Waals surface area contributed by atoms with Crippen LogP contribution in [0.4, 0.5) is 10.5 Å². The minimum absolute atomic E-state index is 0.136. The highest BCUT2D eigenvalue weighted by Crippen LogP contribution is 2.22. The lowest BCUT2D eigenvalue weighted by Gasteiger charge is -2.12. The number of aromatic carboxylic acids is 2. The number of nitrogens with one attached hydrogen (secondary N) is 2. The van der Waals surface area contributed by atoms with Gasteiger partial charge in [0.25, 0.3) is 0 Å². The number of hydrazone groups is 1. The molecule has 2 aromatic carbocycles. The first kappa shape index (κ1) is 22.6. The molecule has 0 radical (unpaired) electrons. The lowest BCUT2D eigenvalue weighted by Crippen LogP contribution is -2.24. The molecule has 0 spiro atoms. The van der Waals surface area contributed by atoms with Gasteiger partial charge in [-0.25, -0.2) is 19.8 Å². The summed E-state index contributed by atoms with van der Waals surface area (Å²) in [7, 11) is 0. The molecule has 9 nitrogen and oxygen atoms in total. The molecule has 0 unspecified atom stereocenters. The lowest BCUT2D eigenvalue weighted by atomic mass is 10.1. The van der Waals surface area contributed by atoms with E-state index in [2.05, 4.69) is 15.8 Å². The maximum Gasteiger partial charge on any atom is 0.339 e. The Morgan fingerprint density at radius 3 is 2.12 bits per heavy atom. The van der Waals surface area contributed by atoms with Crippen LogP contribution in [0.3, 0.4) is 0 Å². The number of rotatable bonds is 6. The molecule has 0 saturated carbocycles. The number of nitrogens with zero attached hydrogens (tertiary/aromatic N) is 2. The van der Waals surface area contributed by atoms with E-state index in [1.165, 1.54) is 18.3 Å². The van der Waals surface area contributed by atoms with Crippen molar-refractivity contribution in [2.45, 2.75) is 13.8 Å². The normalized spacial score (nSPS) is 10.8. The molecule has 0 saturated heterocycles. The van der Waals surface area contributed by atoms with Crippen LogP contribution in [-0.4, -0.2) is 39.0 Å². The summed E-state index contributed by atoms with van der Waals surface area (Å²) >= 11 is 5.81. The number of hydrogen-bond acceptors (Lipinski definition) is 4. The molecule has 32 heavy (non-hydrogen) atoms. The molecule has 1 heterocycles. The molecular formula is C22H19ClN4O5. The number of carboxylic acid groups (broad SMARTS) is 2. The number of carbonyl (C=O) groups excluding carboxylic acids is 1. The van der Waals surface area contributed by atoms with Crippen molar-refractivity contribution in [2.24, 2.45) is 5.10 Å². The van der Waals surface area contributed by atoms with Gasteiger partial charge in [0.15, 0.2) is 0 Å². The van der Waals surface area contributed by atoms with E-state index in [0.29, 0.717) is 27.7 Å². The molecule has 10 heteroatoms. The van der Waals surface area contributed by atoms with E-state index in [9.17, 15) is 24.6 Å². The monoisotopic (exact) mass is 454 g/mol. The zero-order chi connectivity index (χ0) is 23.4. The van der Waals surface area contributed by atoms with Gasteiger partial charge in [0.2, 0.25) is 0 Å². The number of halogens is 1. The first-order valence-electron chi connectivity index (χ1n) is 9.32. The highest BCUT2D eigenvalue weighted by atomic mass is 35.5. The molecule has 2 amide bonds. The molecular weight excluding hydrogens is 436 g/mol. The summed E-state index contributed by atoms with van der Waals surface area (Å²) in [6, 6.07) is 11.7. The number of carboxylic acids is 2. The zero-order valence-electron chi connectivity index (χ0n) is 17.1. The highest BCUT2D eigenvalue weighted by Gasteiger charge is 2.16. The molecule has 0 aliphatic heterocycles. The number of aromatic nitrogens is 1. The Labute approximate surface area is 187 Å². The highest BCUT2D eigenvalue weighted by molar-refractivity contribution is 6.30. The molecule has 3 aromatic rings. The molecule has 0 bridgehead atoms. The summed E-state index contributed by atoms with van der Waals surface area (Å²) in [6.45, 7) is 3.56. The molecule has 164 valence electrons. The van der Waals surface area contributed by atoms with Crippen molar-refractivity contribution < 1.29 is 24.6 Å². The average molecular weight is 455 g/mol. The number of amides is 2. The smallest absolute Gasteiger partial charge is 0.339 e. The summed E-state index contributed by atoms with van der Waals surface area (Å²) in [6.07, 6.45) is 1.44. The summed E-state index contributed by atoms with van der Waals surface area (Å²) in [4.78, 5) is 34.8. The van der Waals surface area contributed by atoms with Crippen LogP contribution >= 0.6 is 11.6 Å². The van der Waals surface area contributed by atoms with Gasteiger partial charge in [-0.1, -0.05) is 11.6 Å². The summed E-state index contributed by atoms with van der Waals surface area (Å²) in [5, 5.41) is 25.7. The number of benzene rings is 2. The fraction of sp³-hybridized carbons (Fsp3) is 0.0909. The summed E-state index contributed by atoms with van der Waals surface area (Å²) < 4.78 is 1.72. The van der Waals surface area contributed by atoms with Gasteiger partial charge in [0.05, 0.1) is 17.3 Å². The molecule has 4 N–H and O–H groups in total. The van der Waals surface area contributed by atoms with Crippen LogP contribution in [-0.2, 0) is 0 Å². The predicted molar refractivity (Wildman–Crippen MR) is 120 cm³/mol. The van der Waals surface area contributed by atoms with Gasteiger partial charge in [0, 0.05) is 33.3 Å². The average Bonchev–Trinajstić information content (AvgIpc) is 3.02. The number of aryl methyl sites for hydroxylation is 1. The third kappa shape index (κ3) is 5.13. The topological polar surface area (TPSA) is 133 Å². The van der Waals surface area contributed by atoms with Crippen LogP contribution in [0.2, 0.25) is 5.02 Å².